The highest BCUT2D eigenvalue weighted by Crippen LogP contribution is 2.34. The summed E-state index contributed by atoms with van der Waals surface area (Å²) in [4.78, 5) is 28.8. The fraction of sp³-hybridized carbons (Fsp3) is 0.600. The lowest BCUT2D eigenvalue weighted by Crippen LogP contribution is -2.59. The summed E-state index contributed by atoms with van der Waals surface area (Å²) in [6, 6.07) is 9.46. The molecular formula is C20H30N6O3. The molecule has 2 heterocycles. The molecular weight excluding hydrogens is 372 g/mol. The molecule has 9 heteroatoms. The predicted molar refractivity (Wildman–Crippen MR) is 110 cm³/mol. The van der Waals surface area contributed by atoms with Crippen molar-refractivity contribution in [1.29, 1.82) is 0 Å². The van der Waals surface area contributed by atoms with Gasteiger partial charge in [0.2, 0.25) is 5.91 Å². The Kier molecular flexibility index (Phi) is 5.95. The van der Waals surface area contributed by atoms with E-state index in [0.717, 1.165) is 15.1 Å². The first-order valence-corrected chi connectivity index (χ1v) is 9.97. The van der Waals surface area contributed by atoms with Crippen molar-refractivity contribution < 1.29 is 12.3 Å². The van der Waals surface area contributed by atoms with E-state index < -0.39 is 17.9 Å². The summed E-state index contributed by atoms with van der Waals surface area (Å²) < 4.78 is 24.6. The molecule has 3 rings (SSSR count). The maximum Gasteiger partial charge on any atom is 0.363 e. The van der Waals surface area contributed by atoms with Gasteiger partial charge >= 0.3 is 5.69 Å². The topological polar surface area (TPSA) is 85.5 Å². The number of hydrogen-bond acceptors (Lipinski definition) is 6. The molecule has 1 aromatic carbocycles. The summed E-state index contributed by atoms with van der Waals surface area (Å²) in [5, 5.41) is 7.42. The van der Waals surface area contributed by atoms with Gasteiger partial charge in [-0.15, -0.1) is 0 Å². The zero-order chi connectivity index (χ0) is 22.6. The Bertz CT molecular complexity index is 938. The number of hydrogen-bond donors (Lipinski definition) is 0. The van der Waals surface area contributed by atoms with Gasteiger partial charge < -0.3 is 9.64 Å². The van der Waals surface area contributed by atoms with E-state index in [1.807, 2.05) is 42.2 Å². The summed E-state index contributed by atoms with van der Waals surface area (Å²) in [5.74, 6) is -0.0282. The van der Waals surface area contributed by atoms with Crippen LogP contribution in [-0.2, 0) is 22.6 Å². The predicted octanol–water partition coefficient (Wildman–Crippen LogP) is 1.34. The fourth-order valence-electron chi connectivity index (χ4n) is 3.66. The first kappa shape index (κ1) is 18.5. The number of methoxy groups -OCH3 is 1. The van der Waals surface area contributed by atoms with Crippen molar-refractivity contribution in [3.05, 3.63) is 40.8 Å². The van der Waals surface area contributed by atoms with Crippen LogP contribution in [0.25, 0.3) is 0 Å². The molecule has 0 saturated carbocycles. The Labute approximate surface area is 173 Å². The van der Waals surface area contributed by atoms with Gasteiger partial charge in [0.25, 0.3) is 0 Å². The number of aromatic nitrogens is 4. The lowest BCUT2D eigenvalue weighted by molar-refractivity contribution is -0.128. The highest BCUT2D eigenvalue weighted by Gasteiger charge is 2.43. The molecule has 0 bridgehead atoms. The van der Waals surface area contributed by atoms with Crippen molar-refractivity contribution in [2.45, 2.75) is 51.9 Å². The third kappa shape index (κ3) is 4.40. The summed E-state index contributed by atoms with van der Waals surface area (Å²) in [5.41, 5.74) is -0.595. The van der Waals surface area contributed by atoms with Gasteiger partial charge in [0.1, 0.15) is 5.72 Å². The number of piperidine rings is 1. The molecule has 1 amide bonds. The second kappa shape index (κ2) is 9.32. The largest absolute Gasteiger partial charge is 0.363 e. The van der Waals surface area contributed by atoms with Gasteiger partial charge in [-0.05, 0) is 29.5 Å². The summed E-state index contributed by atoms with van der Waals surface area (Å²) in [7, 11) is 1.61. The van der Waals surface area contributed by atoms with Crippen LogP contribution in [0.15, 0.2) is 35.1 Å². The number of ether oxygens (including phenoxy) is 1. The number of aryl methyl sites for hydroxylation is 1. The first-order valence-electron chi connectivity index (χ1n) is 11.0. The molecule has 1 fully saturated rings. The van der Waals surface area contributed by atoms with Crippen LogP contribution in [0, 0.1) is 0 Å². The van der Waals surface area contributed by atoms with Gasteiger partial charge in [-0.1, -0.05) is 25.1 Å². The number of nitrogens with zero attached hydrogens (tertiary/aromatic N) is 6. The number of rotatable bonds is 8. The smallest absolute Gasteiger partial charge is 0.358 e. The van der Waals surface area contributed by atoms with Gasteiger partial charge in [-0.3, -0.25) is 9.69 Å². The summed E-state index contributed by atoms with van der Waals surface area (Å²) >= 11 is 0. The Morgan fingerprint density at radius 2 is 1.86 bits per heavy atom. The molecule has 0 radical (unpaired) electrons. The minimum absolute atomic E-state index is 0.0117. The van der Waals surface area contributed by atoms with Crippen molar-refractivity contribution in [2.75, 3.05) is 31.6 Å². The van der Waals surface area contributed by atoms with E-state index in [2.05, 4.69) is 10.4 Å². The number of para-hydroxylation sites is 1. The molecule has 9 nitrogen and oxygen atoms in total. The fourth-order valence-corrected chi connectivity index (χ4v) is 3.66. The summed E-state index contributed by atoms with van der Waals surface area (Å²) in [6.45, 7) is 2.90. The van der Waals surface area contributed by atoms with Crippen LogP contribution in [0.1, 0.15) is 35.9 Å². The first-order chi connectivity index (χ1) is 14.8. The molecule has 158 valence electrons. The van der Waals surface area contributed by atoms with E-state index in [4.69, 9.17) is 7.48 Å². The number of carbonyl (C=O) groups is 1. The lowest BCUT2D eigenvalue weighted by Gasteiger charge is -2.47. The van der Waals surface area contributed by atoms with E-state index in [1.165, 1.54) is 0 Å². The number of likely N-dealkylation sites (tertiary alicyclic amines) is 1. The average Bonchev–Trinajstić information content (AvgIpc) is 3.17. The van der Waals surface area contributed by atoms with Crippen LogP contribution in [0.5, 0.6) is 0 Å². The molecule has 0 N–H and O–H groups in total. The maximum atomic E-state index is 12.9. The molecule has 29 heavy (non-hydrogen) atoms. The van der Waals surface area contributed by atoms with Crippen LogP contribution in [0.2, 0.25) is 0 Å². The minimum atomic E-state index is -2.00. The van der Waals surface area contributed by atoms with E-state index in [1.54, 1.807) is 18.9 Å². The molecule has 0 aliphatic carbocycles. The molecule has 0 atom stereocenters. The van der Waals surface area contributed by atoms with E-state index in [0.29, 0.717) is 38.9 Å². The lowest BCUT2D eigenvalue weighted by atomic mass is 9.96. The van der Waals surface area contributed by atoms with Crippen molar-refractivity contribution in [1.82, 2.24) is 24.7 Å². The van der Waals surface area contributed by atoms with Crippen molar-refractivity contribution in [2.24, 2.45) is 0 Å². The highest BCUT2D eigenvalue weighted by molar-refractivity contribution is 5.94. The van der Waals surface area contributed by atoms with Gasteiger partial charge in [0.15, 0.2) is 0 Å². The number of amides is 1. The Balaban J connectivity index is 1.77. The number of tetrazole rings is 1. The normalized spacial score (nSPS) is 18.2. The Morgan fingerprint density at radius 3 is 2.41 bits per heavy atom. The van der Waals surface area contributed by atoms with Crippen LogP contribution < -0.4 is 10.6 Å². The van der Waals surface area contributed by atoms with Gasteiger partial charge in [0, 0.05) is 58.2 Å². The average molecular weight is 405 g/mol. The standard InChI is InChI=1S/C20H30N6O3/c1-4-18(27)26(17-9-7-6-8-10-17)20(29-3)11-13-23(14-12-20)15-16-25-19(28)24(5-2)21-22-25/h6-10H,4-5,11-16H2,1-3H3/i16D2. The molecule has 0 unspecified atom stereocenters. The molecule has 0 spiro atoms. The Morgan fingerprint density at radius 1 is 1.21 bits per heavy atom. The van der Waals surface area contributed by atoms with Crippen molar-refractivity contribution >= 4 is 11.6 Å². The molecule has 1 aliphatic heterocycles. The Hall–Kier alpha value is -2.52. The van der Waals surface area contributed by atoms with E-state index in [9.17, 15) is 9.59 Å². The van der Waals surface area contributed by atoms with Crippen LogP contribution in [-0.4, -0.2) is 63.1 Å². The van der Waals surface area contributed by atoms with E-state index in [-0.39, 0.29) is 12.5 Å². The van der Waals surface area contributed by atoms with E-state index >= 15 is 0 Å². The number of carbonyl (C=O) groups excluding carboxylic acids is 1. The van der Waals surface area contributed by atoms with Crippen LogP contribution in [0.3, 0.4) is 0 Å². The quantitative estimate of drug-likeness (QED) is 0.617. The summed E-state index contributed by atoms with van der Waals surface area (Å²) in [6.07, 6.45) is 1.37. The second-order valence-electron chi connectivity index (χ2n) is 6.99. The van der Waals surface area contributed by atoms with Gasteiger partial charge in [-0.2, -0.15) is 9.36 Å². The molecule has 1 aromatic heterocycles. The second-order valence-corrected chi connectivity index (χ2v) is 6.99. The monoisotopic (exact) mass is 404 g/mol. The van der Waals surface area contributed by atoms with Crippen LogP contribution in [0.4, 0.5) is 5.69 Å². The molecule has 1 aliphatic rings. The minimum Gasteiger partial charge on any atom is -0.358 e. The zero-order valence-corrected chi connectivity index (χ0v) is 17.2. The SMILES string of the molecule is [2H]C([2H])(CN1CCC(OC)(N(C(=O)CC)c2ccccc2)CC1)n1nnn(CC)c1=O. The number of anilines is 1. The number of benzene rings is 1. The van der Waals surface area contributed by atoms with Gasteiger partial charge in [0.05, 0.1) is 9.24 Å². The molecule has 1 saturated heterocycles. The third-order valence-electron chi connectivity index (χ3n) is 5.37. The van der Waals surface area contributed by atoms with Gasteiger partial charge in [-0.25, -0.2) is 4.79 Å². The van der Waals surface area contributed by atoms with Crippen molar-refractivity contribution in [3.8, 4) is 0 Å². The van der Waals surface area contributed by atoms with Crippen LogP contribution >= 0.6 is 0 Å². The highest BCUT2D eigenvalue weighted by atomic mass is 16.5. The van der Waals surface area contributed by atoms with Crippen molar-refractivity contribution in [3.63, 3.8) is 0 Å². The zero-order valence-electron chi connectivity index (χ0n) is 19.2. The third-order valence-corrected chi connectivity index (χ3v) is 5.37. The maximum absolute atomic E-state index is 12.9. The molecule has 2 aromatic rings.